The number of nitrogens with one attached hydrogen (secondary N) is 1. The summed E-state index contributed by atoms with van der Waals surface area (Å²) in [7, 11) is 0. The van der Waals surface area contributed by atoms with Crippen LogP contribution in [0.4, 0.5) is 0 Å². The molecule has 4 heteroatoms. The van der Waals surface area contributed by atoms with Crippen LogP contribution in [0, 0.1) is 6.92 Å². The standard InChI is InChI=1S/C9H14N2OS/c1-6-4-13-5-8(6)9(12)11-7(2)3-10/h4-5,7H,3,10H2,1-2H3,(H,11,12). The third-order valence-electron chi connectivity index (χ3n) is 1.83. The lowest BCUT2D eigenvalue weighted by molar-refractivity contribution is 0.0941. The van der Waals surface area contributed by atoms with Crippen molar-refractivity contribution in [3.63, 3.8) is 0 Å². The maximum atomic E-state index is 11.5. The zero-order chi connectivity index (χ0) is 9.84. The van der Waals surface area contributed by atoms with Crippen LogP contribution in [0.15, 0.2) is 10.8 Å². The predicted molar refractivity (Wildman–Crippen MR) is 55.0 cm³/mol. The lowest BCUT2D eigenvalue weighted by Crippen LogP contribution is -2.37. The summed E-state index contributed by atoms with van der Waals surface area (Å²) in [4.78, 5) is 11.5. The fourth-order valence-electron chi connectivity index (χ4n) is 0.954. The van der Waals surface area contributed by atoms with E-state index in [0.29, 0.717) is 6.54 Å². The van der Waals surface area contributed by atoms with Crippen molar-refractivity contribution in [3.8, 4) is 0 Å². The zero-order valence-corrected chi connectivity index (χ0v) is 8.65. The van der Waals surface area contributed by atoms with Gasteiger partial charge in [-0.15, -0.1) is 0 Å². The summed E-state index contributed by atoms with van der Waals surface area (Å²) < 4.78 is 0. The Bertz CT molecular complexity index is 296. The molecule has 3 nitrogen and oxygen atoms in total. The van der Waals surface area contributed by atoms with Gasteiger partial charge in [0.15, 0.2) is 0 Å². The molecule has 0 aliphatic carbocycles. The molecule has 13 heavy (non-hydrogen) atoms. The maximum absolute atomic E-state index is 11.5. The van der Waals surface area contributed by atoms with Gasteiger partial charge >= 0.3 is 0 Å². The van der Waals surface area contributed by atoms with Crippen molar-refractivity contribution in [2.24, 2.45) is 5.73 Å². The fraction of sp³-hybridized carbons (Fsp3) is 0.444. The van der Waals surface area contributed by atoms with Gasteiger partial charge in [0.1, 0.15) is 0 Å². The molecule has 0 radical (unpaired) electrons. The van der Waals surface area contributed by atoms with E-state index in [1.807, 2.05) is 24.6 Å². The van der Waals surface area contributed by atoms with Crippen LogP contribution in [0.2, 0.25) is 0 Å². The van der Waals surface area contributed by atoms with Crippen molar-refractivity contribution in [2.75, 3.05) is 6.54 Å². The molecule has 1 aromatic rings. The average Bonchev–Trinajstić information content (AvgIpc) is 2.51. The minimum Gasteiger partial charge on any atom is -0.348 e. The van der Waals surface area contributed by atoms with Crippen molar-refractivity contribution in [3.05, 3.63) is 21.9 Å². The summed E-state index contributed by atoms with van der Waals surface area (Å²) >= 11 is 1.54. The van der Waals surface area contributed by atoms with Crippen molar-refractivity contribution in [1.29, 1.82) is 0 Å². The second kappa shape index (κ2) is 4.39. The van der Waals surface area contributed by atoms with Crippen LogP contribution in [-0.4, -0.2) is 18.5 Å². The topological polar surface area (TPSA) is 55.1 Å². The van der Waals surface area contributed by atoms with Gasteiger partial charge in [0.05, 0.1) is 5.56 Å². The predicted octanol–water partition coefficient (Wildman–Crippen LogP) is 1.13. The van der Waals surface area contributed by atoms with E-state index in [1.165, 1.54) is 11.3 Å². The summed E-state index contributed by atoms with van der Waals surface area (Å²) in [5.74, 6) is -0.0308. The third kappa shape index (κ3) is 2.54. The highest BCUT2D eigenvalue weighted by atomic mass is 32.1. The summed E-state index contributed by atoms with van der Waals surface area (Å²) in [6.07, 6.45) is 0. The Morgan fingerprint density at radius 2 is 2.38 bits per heavy atom. The number of thiophene rings is 1. The van der Waals surface area contributed by atoms with Gasteiger partial charge in [-0.3, -0.25) is 4.79 Å². The van der Waals surface area contributed by atoms with E-state index in [4.69, 9.17) is 5.73 Å². The van der Waals surface area contributed by atoms with Gasteiger partial charge in [-0.25, -0.2) is 0 Å². The molecule has 1 unspecified atom stereocenters. The van der Waals surface area contributed by atoms with E-state index in [1.54, 1.807) is 0 Å². The quantitative estimate of drug-likeness (QED) is 0.765. The van der Waals surface area contributed by atoms with E-state index in [2.05, 4.69) is 5.32 Å². The summed E-state index contributed by atoms with van der Waals surface area (Å²) in [6.45, 7) is 4.28. The summed E-state index contributed by atoms with van der Waals surface area (Å²) in [6, 6.07) is 0.0341. The molecule has 1 rings (SSSR count). The van der Waals surface area contributed by atoms with E-state index in [0.717, 1.165) is 11.1 Å². The number of carbonyl (C=O) groups excluding carboxylic acids is 1. The molecule has 1 heterocycles. The number of carbonyl (C=O) groups is 1. The molecule has 1 atom stereocenters. The molecule has 0 bridgehead atoms. The Morgan fingerprint density at radius 3 is 2.85 bits per heavy atom. The second-order valence-corrected chi connectivity index (χ2v) is 3.82. The summed E-state index contributed by atoms with van der Waals surface area (Å²) in [5.41, 5.74) is 7.17. The highest BCUT2D eigenvalue weighted by molar-refractivity contribution is 7.08. The molecule has 1 aromatic heterocycles. The molecule has 0 saturated carbocycles. The van der Waals surface area contributed by atoms with E-state index < -0.39 is 0 Å². The number of hydrogen-bond donors (Lipinski definition) is 2. The van der Waals surface area contributed by atoms with Gasteiger partial charge in [0, 0.05) is 18.0 Å². The van der Waals surface area contributed by atoms with E-state index in [-0.39, 0.29) is 11.9 Å². The number of aryl methyl sites for hydroxylation is 1. The Morgan fingerprint density at radius 1 is 1.69 bits per heavy atom. The normalized spacial score (nSPS) is 12.5. The van der Waals surface area contributed by atoms with Gasteiger partial charge in [0.25, 0.3) is 5.91 Å². The van der Waals surface area contributed by atoms with Crippen molar-refractivity contribution >= 4 is 17.2 Å². The van der Waals surface area contributed by atoms with Gasteiger partial charge in [-0.2, -0.15) is 11.3 Å². The highest BCUT2D eigenvalue weighted by Crippen LogP contribution is 2.13. The molecule has 0 aromatic carbocycles. The van der Waals surface area contributed by atoms with Gasteiger partial charge < -0.3 is 11.1 Å². The third-order valence-corrected chi connectivity index (χ3v) is 2.69. The van der Waals surface area contributed by atoms with E-state index in [9.17, 15) is 4.79 Å². The van der Waals surface area contributed by atoms with Crippen molar-refractivity contribution < 1.29 is 4.79 Å². The van der Waals surface area contributed by atoms with Crippen LogP contribution in [0.25, 0.3) is 0 Å². The summed E-state index contributed by atoms with van der Waals surface area (Å²) in [5, 5.41) is 6.63. The minimum atomic E-state index is -0.0308. The van der Waals surface area contributed by atoms with Gasteiger partial charge in [0.2, 0.25) is 0 Å². The van der Waals surface area contributed by atoms with E-state index >= 15 is 0 Å². The molecule has 0 saturated heterocycles. The highest BCUT2D eigenvalue weighted by Gasteiger charge is 2.11. The molecular formula is C9H14N2OS. The van der Waals surface area contributed by atoms with Gasteiger partial charge in [-0.1, -0.05) is 0 Å². The Hall–Kier alpha value is -0.870. The van der Waals surface area contributed by atoms with Crippen LogP contribution >= 0.6 is 11.3 Å². The Kier molecular flexibility index (Phi) is 3.45. The van der Waals surface area contributed by atoms with Crippen LogP contribution in [0.3, 0.4) is 0 Å². The maximum Gasteiger partial charge on any atom is 0.252 e. The van der Waals surface area contributed by atoms with Crippen LogP contribution in [0.5, 0.6) is 0 Å². The molecule has 0 fully saturated rings. The lowest BCUT2D eigenvalue weighted by atomic mass is 10.2. The second-order valence-electron chi connectivity index (χ2n) is 3.08. The first-order chi connectivity index (χ1) is 6.15. The number of rotatable bonds is 3. The van der Waals surface area contributed by atoms with Crippen LogP contribution in [0.1, 0.15) is 22.8 Å². The van der Waals surface area contributed by atoms with Crippen molar-refractivity contribution in [2.45, 2.75) is 19.9 Å². The average molecular weight is 198 g/mol. The number of nitrogens with two attached hydrogens (primary N) is 1. The zero-order valence-electron chi connectivity index (χ0n) is 7.83. The molecule has 0 spiro atoms. The van der Waals surface area contributed by atoms with Crippen LogP contribution < -0.4 is 11.1 Å². The monoisotopic (exact) mass is 198 g/mol. The van der Waals surface area contributed by atoms with Crippen molar-refractivity contribution in [1.82, 2.24) is 5.32 Å². The largest absolute Gasteiger partial charge is 0.348 e. The van der Waals surface area contributed by atoms with Crippen LogP contribution in [-0.2, 0) is 0 Å². The molecular weight excluding hydrogens is 184 g/mol. The smallest absolute Gasteiger partial charge is 0.252 e. The first-order valence-corrected chi connectivity index (χ1v) is 5.13. The molecule has 3 N–H and O–H groups in total. The fourth-order valence-corrected chi connectivity index (χ4v) is 1.78. The van der Waals surface area contributed by atoms with Gasteiger partial charge in [-0.05, 0) is 24.8 Å². The minimum absolute atomic E-state index is 0.0308. The molecule has 1 amide bonds. The SMILES string of the molecule is Cc1cscc1C(=O)NC(C)CN. The Labute approximate surface area is 81.9 Å². The first kappa shape index (κ1) is 10.2. The first-order valence-electron chi connectivity index (χ1n) is 4.19. The number of hydrogen-bond acceptors (Lipinski definition) is 3. The number of amides is 1. The molecule has 0 aliphatic heterocycles. The lowest BCUT2D eigenvalue weighted by Gasteiger charge is -2.10. The Balaban J connectivity index is 2.64. The molecule has 0 aliphatic rings. The molecule has 72 valence electrons.